The largest absolute Gasteiger partial charge is 0.402 e. The molecule has 0 atom stereocenters. The second-order valence-corrected chi connectivity index (χ2v) is 5.05. The van der Waals surface area contributed by atoms with Crippen molar-refractivity contribution >= 4 is 22.3 Å². The van der Waals surface area contributed by atoms with E-state index in [-0.39, 0.29) is 5.84 Å². The van der Waals surface area contributed by atoms with Gasteiger partial charge in [-0.15, -0.1) is 11.3 Å². The quantitative estimate of drug-likeness (QED) is 0.555. The van der Waals surface area contributed by atoms with Gasteiger partial charge in [0.05, 0.1) is 0 Å². The fourth-order valence-electron chi connectivity index (χ4n) is 2.07. The molecule has 0 unspecified atom stereocenters. The van der Waals surface area contributed by atoms with Crippen molar-refractivity contribution in [1.82, 2.24) is 4.98 Å². The Balaban J connectivity index is 1.92. The topological polar surface area (TPSA) is 92.0 Å². The van der Waals surface area contributed by atoms with E-state index in [2.05, 4.69) is 9.88 Å². The van der Waals surface area contributed by atoms with Crippen LogP contribution in [0.15, 0.2) is 23.3 Å². The van der Waals surface area contributed by atoms with E-state index in [1.807, 2.05) is 11.6 Å². The number of nitrogens with one attached hydrogen (secondary N) is 1. The Morgan fingerprint density at radius 3 is 2.71 bits per heavy atom. The Morgan fingerprint density at radius 2 is 2.18 bits per heavy atom. The van der Waals surface area contributed by atoms with E-state index in [9.17, 15) is 0 Å². The van der Waals surface area contributed by atoms with Gasteiger partial charge in [-0.3, -0.25) is 5.41 Å². The summed E-state index contributed by atoms with van der Waals surface area (Å²) in [6, 6.07) is 0. The summed E-state index contributed by atoms with van der Waals surface area (Å²) in [5.41, 5.74) is 12.0. The monoisotopic (exact) mass is 251 g/mol. The fourth-order valence-corrected chi connectivity index (χ4v) is 2.77. The second kappa shape index (κ2) is 5.18. The second-order valence-electron chi connectivity index (χ2n) is 4.18. The summed E-state index contributed by atoms with van der Waals surface area (Å²) in [5, 5.41) is 10.3. The molecule has 6 heteroatoms. The molecule has 17 heavy (non-hydrogen) atoms. The molecule has 1 aliphatic heterocycles. The number of thiazole rings is 1. The molecule has 0 amide bonds. The number of amidine groups is 1. The van der Waals surface area contributed by atoms with Crippen LogP contribution in [0.2, 0.25) is 0 Å². The lowest BCUT2D eigenvalue weighted by molar-refractivity contribution is 0.455. The zero-order valence-corrected chi connectivity index (χ0v) is 10.4. The Hall–Kier alpha value is -1.56. The molecule has 92 valence electrons. The molecule has 1 saturated heterocycles. The number of hydrogen-bond acceptors (Lipinski definition) is 5. The van der Waals surface area contributed by atoms with E-state index < -0.39 is 0 Å². The number of nitrogens with zero attached hydrogens (tertiary/aromatic N) is 2. The Labute approximate surface area is 105 Å². The van der Waals surface area contributed by atoms with E-state index in [0.29, 0.717) is 5.92 Å². The van der Waals surface area contributed by atoms with Crippen molar-refractivity contribution in [2.75, 3.05) is 18.0 Å². The highest BCUT2D eigenvalue weighted by Gasteiger charge is 2.22. The minimum absolute atomic E-state index is 0.0323. The van der Waals surface area contributed by atoms with Gasteiger partial charge < -0.3 is 16.4 Å². The van der Waals surface area contributed by atoms with Gasteiger partial charge in [0.15, 0.2) is 5.13 Å². The minimum Gasteiger partial charge on any atom is -0.402 e. The summed E-state index contributed by atoms with van der Waals surface area (Å²) in [4.78, 5) is 6.58. The fraction of sp³-hybridized carbons (Fsp3) is 0.455. The van der Waals surface area contributed by atoms with Crippen LogP contribution in [0.1, 0.15) is 12.8 Å². The molecule has 1 aromatic heterocycles. The van der Waals surface area contributed by atoms with Crippen LogP contribution in [-0.4, -0.2) is 23.9 Å². The summed E-state index contributed by atoms with van der Waals surface area (Å²) >= 11 is 1.66. The summed E-state index contributed by atoms with van der Waals surface area (Å²) in [7, 11) is 0. The van der Waals surface area contributed by atoms with Crippen LogP contribution in [-0.2, 0) is 0 Å². The van der Waals surface area contributed by atoms with Crippen LogP contribution in [0.4, 0.5) is 5.13 Å². The SMILES string of the molecule is N=C(N)C=C(N)C1CCN(c2nccs2)CC1. The molecule has 1 aliphatic rings. The van der Waals surface area contributed by atoms with E-state index in [1.165, 1.54) is 0 Å². The molecule has 0 bridgehead atoms. The number of hydrogen-bond donors (Lipinski definition) is 3. The molecular formula is C11H17N5S. The van der Waals surface area contributed by atoms with Gasteiger partial charge in [-0.05, 0) is 18.9 Å². The molecule has 1 aromatic rings. The molecule has 2 rings (SSSR count). The first-order valence-electron chi connectivity index (χ1n) is 5.62. The van der Waals surface area contributed by atoms with Crippen molar-refractivity contribution in [3.8, 4) is 0 Å². The van der Waals surface area contributed by atoms with Crippen molar-refractivity contribution < 1.29 is 0 Å². The maximum atomic E-state index is 7.20. The summed E-state index contributed by atoms with van der Waals surface area (Å²) < 4.78 is 0. The minimum atomic E-state index is 0.0323. The number of anilines is 1. The molecule has 1 fully saturated rings. The number of aromatic nitrogens is 1. The van der Waals surface area contributed by atoms with Crippen molar-refractivity contribution in [3.63, 3.8) is 0 Å². The average molecular weight is 251 g/mol. The zero-order chi connectivity index (χ0) is 12.3. The first kappa shape index (κ1) is 11.9. The number of nitrogens with two attached hydrogens (primary N) is 2. The molecule has 0 spiro atoms. The highest BCUT2D eigenvalue weighted by molar-refractivity contribution is 7.13. The Kier molecular flexibility index (Phi) is 3.63. The highest BCUT2D eigenvalue weighted by Crippen LogP contribution is 2.26. The summed E-state index contributed by atoms with van der Waals surface area (Å²) in [6.07, 6.45) is 5.38. The van der Waals surface area contributed by atoms with Crippen LogP contribution in [0.3, 0.4) is 0 Å². The molecule has 2 heterocycles. The third-order valence-electron chi connectivity index (χ3n) is 2.98. The van der Waals surface area contributed by atoms with Gasteiger partial charge in [-0.2, -0.15) is 0 Å². The van der Waals surface area contributed by atoms with Crippen molar-refractivity contribution in [2.24, 2.45) is 17.4 Å². The third-order valence-corrected chi connectivity index (χ3v) is 3.81. The van der Waals surface area contributed by atoms with Crippen molar-refractivity contribution in [1.29, 1.82) is 5.41 Å². The van der Waals surface area contributed by atoms with E-state index >= 15 is 0 Å². The van der Waals surface area contributed by atoms with Crippen LogP contribution in [0.25, 0.3) is 0 Å². The summed E-state index contributed by atoms with van der Waals surface area (Å²) in [5.74, 6) is 0.375. The molecule has 0 saturated carbocycles. The van der Waals surface area contributed by atoms with Gasteiger partial charge in [0.25, 0.3) is 0 Å². The molecule has 5 nitrogen and oxygen atoms in total. The third kappa shape index (κ3) is 2.97. The average Bonchev–Trinajstić information content (AvgIpc) is 2.82. The summed E-state index contributed by atoms with van der Waals surface area (Å²) in [6.45, 7) is 1.93. The van der Waals surface area contributed by atoms with Crippen molar-refractivity contribution in [3.05, 3.63) is 23.3 Å². The smallest absolute Gasteiger partial charge is 0.185 e. The van der Waals surface area contributed by atoms with Crippen LogP contribution < -0.4 is 16.4 Å². The maximum Gasteiger partial charge on any atom is 0.185 e. The lowest BCUT2D eigenvalue weighted by atomic mass is 9.93. The molecule has 0 aromatic carbocycles. The van der Waals surface area contributed by atoms with Crippen LogP contribution in [0.5, 0.6) is 0 Å². The number of allylic oxidation sites excluding steroid dienone is 1. The number of rotatable bonds is 3. The van der Waals surface area contributed by atoms with E-state index in [1.54, 1.807) is 17.4 Å². The first-order chi connectivity index (χ1) is 8.16. The lowest BCUT2D eigenvalue weighted by Gasteiger charge is -2.31. The normalized spacial score (nSPS) is 18.4. The van der Waals surface area contributed by atoms with Gasteiger partial charge in [0, 0.05) is 36.3 Å². The van der Waals surface area contributed by atoms with Gasteiger partial charge in [0.2, 0.25) is 0 Å². The van der Waals surface area contributed by atoms with Gasteiger partial charge in [0.1, 0.15) is 5.84 Å². The Morgan fingerprint density at radius 1 is 1.47 bits per heavy atom. The molecule has 5 N–H and O–H groups in total. The van der Waals surface area contributed by atoms with Crippen molar-refractivity contribution in [2.45, 2.75) is 12.8 Å². The van der Waals surface area contributed by atoms with Gasteiger partial charge in [-0.25, -0.2) is 4.98 Å². The molecule has 0 aliphatic carbocycles. The Bertz CT molecular complexity index is 404. The first-order valence-corrected chi connectivity index (χ1v) is 6.50. The van der Waals surface area contributed by atoms with E-state index in [4.69, 9.17) is 16.9 Å². The van der Waals surface area contributed by atoms with Gasteiger partial charge in [-0.1, -0.05) is 0 Å². The van der Waals surface area contributed by atoms with Crippen LogP contribution in [0, 0.1) is 11.3 Å². The standard InChI is InChI=1S/C11H17N5S/c12-9(7-10(13)14)8-1-4-16(5-2-8)11-15-3-6-17-11/h3,6-8H,1-2,4-5,12H2,(H3,13,14). The maximum absolute atomic E-state index is 7.20. The predicted octanol–water partition coefficient (Wildman–Crippen LogP) is 1.14. The predicted molar refractivity (Wildman–Crippen MR) is 71.2 cm³/mol. The molecular weight excluding hydrogens is 234 g/mol. The highest BCUT2D eigenvalue weighted by atomic mass is 32.1. The number of piperidine rings is 1. The van der Waals surface area contributed by atoms with Gasteiger partial charge >= 0.3 is 0 Å². The lowest BCUT2D eigenvalue weighted by Crippen LogP contribution is -2.35. The van der Waals surface area contributed by atoms with Crippen LogP contribution >= 0.6 is 11.3 Å². The molecule has 0 radical (unpaired) electrons. The van der Waals surface area contributed by atoms with E-state index in [0.717, 1.165) is 36.8 Å². The zero-order valence-electron chi connectivity index (χ0n) is 9.60.